The molecule has 0 aliphatic heterocycles. The topological polar surface area (TPSA) is 52.9 Å². The quantitative estimate of drug-likeness (QED) is 0.842. The third-order valence-electron chi connectivity index (χ3n) is 3.82. The fraction of sp³-hybridized carbons (Fsp3) is 0.263. The zero-order valence-corrected chi connectivity index (χ0v) is 13.2. The van der Waals surface area contributed by atoms with Crippen LogP contribution in [-0.2, 0) is 5.41 Å². The van der Waals surface area contributed by atoms with Crippen molar-refractivity contribution in [2.75, 3.05) is 11.9 Å². The van der Waals surface area contributed by atoms with Crippen LogP contribution in [-0.4, -0.2) is 12.3 Å². The van der Waals surface area contributed by atoms with E-state index >= 15 is 0 Å². The Morgan fingerprint density at radius 3 is 2.45 bits per heavy atom. The number of nitrogens with one attached hydrogen (secondary N) is 1. The monoisotopic (exact) mass is 292 g/mol. The Labute approximate surface area is 131 Å². The van der Waals surface area contributed by atoms with Gasteiger partial charge in [0.2, 0.25) is 0 Å². The largest absolute Gasteiger partial charge is 0.383 e. The number of carbonyl (C=O) groups excluding carboxylic acids is 1. The predicted octanol–water partition coefficient (Wildman–Crippen LogP) is 4.15. The van der Waals surface area contributed by atoms with Crippen LogP contribution < -0.4 is 5.32 Å². The lowest BCUT2D eigenvalue weighted by atomic mass is 9.84. The molecule has 0 aliphatic carbocycles. The van der Waals surface area contributed by atoms with Gasteiger partial charge in [0, 0.05) is 17.5 Å². The second kappa shape index (κ2) is 6.44. The second-order valence-electron chi connectivity index (χ2n) is 6.03. The Morgan fingerprint density at radius 1 is 1.18 bits per heavy atom. The normalized spacial score (nSPS) is 10.8. The number of carbonyl (C=O) groups is 1. The first-order chi connectivity index (χ1) is 10.4. The first-order valence-electron chi connectivity index (χ1n) is 7.28. The molecule has 0 unspecified atom stereocenters. The number of nitriles is 1. The van der Waals surface area contributed by atoms with Crippen molar-refractivity contribution in [2.24, 2.45) is 0 Å². The van der Waals surface area contributed by atoms with E-state index in [4.69, 9.17) is 0 Å². The van der Waals surface area contributed by atoms with E-state index in [1.807, 2.05) is 18.2 Å². The molecule has 0 amide bonds. The molecule has 2 aromatic carbocycles. The van der Waals surface area contributed by atoms with Gasteiger partial charge in [0.25, 0.3) is 0 Å². The molecular weight excluding hydrogens is 272 g/mol. The molecule has 22 heavy (non-hydrogen) atoms. The molecule has 0 bridgehead atoms. The van der Waals surface area contributed by atoms with Crippen molar-refractivity contribution in [2.45, 2.75) is 26.2 Å². The van der Waals surface area contributed by atoms with E-state index in [0.29, 0.717) is 23.4 Å². The number of hydrogen-bond acceptors (Lipinski definition) is 3. The molecular formula is C19H20N2O. The van der Waals surface area contributed by atoms with Crippen molar-refractivity contribution in [1.29, 1.82) is 5.26 Å². The zero-order valence-electron chi connectivity index (χ0n) is 13.2. The molecule has 3 heteroatoms. The first-order valence-corrected chi connectivity index (χ1v) is 7.28. The Balaban J connectivity index is 2.22. The van der Waals surface area contributed by atoms with Crippen LogP contribution in [0.15, 0.2) is 48.5 Å². The van der Waals surface area contributed by atoms with Gasteiger partial charge in [-0.2, -0.15) is 5.26 Å². The van der Waals surface area contributed by atoms with Gasteiger partial charge in [0.15, 0.2) is 5.78 Å². The highest BCUT2D eigenvalue weighted by atomic mass is 16.1. The van der Waals surface area contributed by atoms with Crippen LogP contribution in [0.5, 0.6) is 0 Å². The third-order valence-corrected chi connectivity index (χ3v) is 3.82. The van der Waals surface area contributed by atoms with Crippen LogP contribution in [0.3, 0.4) is 0 Å². The summed E-state index contributed by atoms with van der Waals surface area (Å²) in [6.45, 7) is 6.50. The van der Waals surface area contributed by atoms with Crippen LogP contribution >= 0.6 is 0 Å². The van der Waals surface area contributed by atoms with Crippen molar-refractivity contribution in [3.05, 3.63) is 65.2 Å². The highest BCUT2D eigenvalue weighted by Crippen LogP contribution is 2.25. The summed E-state index contributed by atoms with van der Waals surface area (Å²) in [5, 5.41) is 12.5. The summed E-state index contributed by atoms with van der Waals surface area (Å²) in [5.41, 5.74) is 3.01. The van der Waals surface area contributed by atoms with Gasteiger partial charge in [0.05, 0.1) is 11.3 Å². The molecule has 0 aromatic heterocycles. The molecule has 0 saturated carbocycles. The number of nitrogens with zero attached hydrogens (tertiary/aromatic N) is 1. The molecule has 2 aromatic rings. The lowest BCUT2D eigenvalue weighted by molar-refractivity contribution is 0.101. The van der Waals surface area contributed by atoms with Gasteiger partial charge in [-0.3, -0.25) is 4.79 Å². The van der Waals surface area contributed by atoms with Crippen molar-refractivity contribution in [3.63, 3.8) is 0 Å². The van der Waals surface area contributed by atoms with Crippen molar-refractivity contribution in [1.82, 2.24) is 0 Å². The maximum Gasteiger partial charge on any atom is 0.159 e. The van der Waals surface area contributed by atoms with E-state index in [1.54, 1.807) is 18.2 Å². The van der Waals surface area contributed by atoms with Gasteiger partial charge >= 0.3 is 0 Å². The second-order valence-corrected chi connectivity index (χ2v) is 6.03. The van der Waals surface area contributed by atoms with Crippen LogP contribution in [0, 0.1) is 11.3 Å². The van der Waals surface area contributed by atoms with Crippen LogP contribution in [0.4, 0.5) is 5.69 Å². The lowest BCUT2D eigenvalue weighted by Crippen LogP contribution is -2.27. The van der Waals surface area contributed by atoms with E-state index in [9.17, 15) is 10.1 Å². The predicted molar refractivity (Wildman–Crippen MR) is 89.1 cm³/mol. The van der Waals surface area contributed by atoms with E-state index in [0.717, 1.165) is 0 Å². The molecule has 1 N–H and O–H groups in total. The molecule has 0 atom stereocenters. The minimum absolute atomic E-state index is 0.00476. The van der Waals surface area contributed by atoms with Crippen molar-refractivity contribution >= 4 is 11.5 Å². The SMILES string of the molecule is CC(=O)c1ccc(C#N)c(NCC(C)(C)c2ccccc2)c1. The molecule has 0 aliphatic rings. The minimum Gasteiger partial charge on any atom is -0.383 e. The minimum atomic E-state index is -0.0831. The Bertz CT molecular complexity index is 712. The van der Waals surface area contributed by atoms with E-state index in [2.05, 4.69) is 37.4 Å². The number of hydrogen-bond donors (Lipinski definition) is 1. The van der Waals surface area contributed by atoms with Gasteiger partial charge in [-0.15, -0.1) is 0 Å². The summed E-state index contributed by atoms with van der Waals surface area (Å²) >= 11 is 0. The van der Waals surface area contributed by atoms with Gasteiger partial charge in [-0.25, -0.2) is 0 Å². The van der Waals surface area contributed by atoms with Crippen LogP contribution in [0.1, 0.15) is 42.3 Å². The molecule has 0 saturated heterocycles. The molecule has 112 valence electrons. The summed E-state index contributed by atoms with van der Waals surface area (Å²) < 4.78 is 0. The van der Waals surface area contributed by atoms with Gasteiger partial charge < -0.3 is 5.32 Å². The molecule has 0 fully saturated rings. The maximum atomic E-state index is 11.5. The van der Waals surface area contributed by atoms with E-state index in [1.165, 1.54) is 12.5 Å². The Kier molecular flexibility index (Phi) is 4.62. The highest BCUT2D eigenvalue weighted by molar-refractivity contribution is 5.95. The van der Waals surface area contributed by atoms with E-state index < -0.39 is 0 Å². The number of rotatable bonds is 5. The number of benzene rings is 2. The zero-order chi connectivity index (χ0) is 16.2. The Hall–Kier alpha value is -2.60. The molecule has 0 spiro atoms. The molecule has 3 nitrogen and oxygen atoms in total. The van der Waals surface area contributed by atoms with Crippen molar-refractivity contribution < 1.29 is 4.79 Å². The van der Waals surface area contributed by atoms with Crippen molar-refractivity contribution in [3.8, 4) is 6.07 Å². The van der Waals surface area contributed by atoms with Crippen LogP contribution in [0.25, 0.3) is 0 Å². The molecule has 2 rings (SSSR count). The average Bonchev–Trinajstić information content (AvgIpc) is 2.53. The van der Waals surface area contributed by atoms with Crippen LogP contribution in [0.2, 0.25) is 0 Å². The van der Waals surface area contributed by atoms with Gasteiger partial charge in [0.1, 0.15) is 6.07 Å². The number of ketones is 1. The van der Waals surface area contributed by atoms with Gasteiger partial charge in [-0.05, 0) is 30.7 Å². The summed E-state index contributed by atoms with van der Waals surface area (Å²) in [7, 11) is 0. The summed E-state index contributed by atoms with van der Waals surface area (Å²) in [5.74, 6) is -0.00476. The number of anilines is 1. The van der Waals surface area contributed by atoms with Gasteiger partial charge in [-0.1, -0.05) is 44.2 Å². The molecule has 0 heterocycles. The highest BCUT2D eigenvalue weighted by Gasteiger charge is 2.20. The van der Waals surface area contributed by atoms with E-state index in [-0.39, 0.29) is 11.2 Å². The standard InChI is InChI=1S/C19H20N2O/c1-14(22)15-9-10-16(12-20)18(11-15)21-13-19(2,3)17-7-5-4-6-8-17/h4-11,21H,13H2,1-3H3. The fourth-order valence-corrected chi connectivity index (χ4v) is 2.31. The summed E-state index contributed by atoms with van der Waals surface area (Å²) in [6, 6.07) is 17.5. The average molecular weight is 292 g/mol. The maximum absolute atomic E-state index is 11.5. The molecule has 0 radical (unpaired) electrons. The summed E-state index contributed by atoms with van der Waals surface area (Å²) in [4.78, 5) is 11.5. The lowest BCUT2D eigenvalue weighted by Gasteiger charge is -2.26. The summed E-state index contributed by atoms with van der Waals surface area (Å²) in [6.07, 6.45) is 0. The Morgan fingerprint density at radius 2 is 1.86 bits per heavy atom. The number of Topliss-reactive ketones (excluding diaryl/α,β-unsaturated/α-hetero) is 1. The smallest absolute Gasteiger partial charge is 0.159 e. The first kappa shape index (κ1) is 15.8. The third kappa shape index (κ3) is 3.53. The fourth-order valence-electron chi connectivity index (χ4n) is 2.31.